The summed E-state index contributed by atoms with van der Waals surface area (Å²) in [6.07, 6.45) is 2.40. The Bertz CT molecular complexity index is 437. The zero-order valence-corrected chi connectivity index (χ0v) is 12.7. The number of hydrogen-bond donors (Lipinski definition) is 1. The first-order valence-corrected chi connectivity index (χ1v) is 7.47. The largest absolute Gasteiger partial charge is 0.326 e. The molecule has 5 heteroatoms. The van der Waals surface area contributed by atoms with E-state index in [2.05, 4.69) is 5.32 Å². The molecule has 0 radical (unpaired) electrons. The molecule has 0 aromatic heterocycles. The van der Waals surface area contributed by atoms with Gasteiger partial charge >= 0.3 is 0 Å². The first-order valence-electron chi connectivity index (χ1n) is 6.18. The molecule has 1 aromatic carbocycles. The van der Waals surface area contributed by atoms with Gasteiger partial charge in [0.15, 0.2) is 0 Å². The van der Waals surface area contributed by atoms with Gasteiger partial charge in [0.25, 0.3) is 0 Å². The third-order valence-electron chi connectivity index (χ3n) is 2.70. The summed E-state index contributed by atoms with van der Waals surface area (Å²) in [6.45, 7) is 2.54. The number of carbonyl (C=O) groups is 1. The van der Waals surface area contributed by atoms with E-state index < -0.39 is 0 Å². The van der Waals surface area contributed by atoms with Gasteiger partial charge in [0, 0.05) is 29.5 Å². The maximum absolute atomic E-state index is 13.8. The first kappa shape index (κ1) is 16.0. The minimum atomic E-state index is -0.288. The van der Waals surface area contributed by atoms with Gasteiger partial charge in [-0.15, -0.1) is 0 Å². The van der Waals surface area contributed by atoms with Gasteiger partial charge < -0.3 is 10.2 Å². The number of halogens is 1. The molecular weight excluding hydrogens is 263 g/mol. The van der Waals surface area contributed by atoms with Crippen LogP contribution in [0.25, 0.3) is 0 Å². The number of nitrogens with one attached hydrogen (secondary N) is 1. The molecule has 0 aliphatic carbocycles. The SMILES string of the molecule is CS[C@@H](C)CC(=O)Nc1ccc(CN(C)C)c(F)c1. The smallest absolute Gasteiger partial charge is 0.225 e. The normalized spacial score (nSPS) is 12.5. The highest BCUT2D eigenvalue weighted by molar-refractivity contribution is 7.99. The summed E-state index contributed by atoms with van der Waals surface area (Å²) < 4.78 is 13.8. The molecule has 106 valence electrons. The van der Waals surface area contributed by atoms with Crippen molar-refractivity contribution >= 4 is 23.4 Å². The van der Waals surface area contributed by atoms with Crippen molar-refractivity contribution in [3.05, 3.63) is 29.6 Å². The van der Waals surface area contributed by atoms with Crippen molar-refractivity contribution in [2.75, 3.05) is 25.7 Å². The van der Waals surface area contributed by atoms with E-state index in [1.165, 1.54) is 6.07 Å². The molecule has 0 fully saturated rings. The number of nitrogens with zero attached hydrogens (tertiary/aromatic N) is 1. The minimum Gasteiger partial charge on any atom is -0.326 e. The minimum absolute atomic E-state index is 0.0818. The topological polar surface area (TPSA) is 32.3 Å². The van der Waals surface area contributed by atoms with Crippen molar-refractivity contribution in [2.24, 2.45) is 0 Å². The number of rotatable bonds is 6. The second kappa shape index (κ2) is 7.50. The van der Waals surface area contributed by atoms with Crippen molar-refractivity contribution < 1.29 is 9.18 Å². The number of thioether (sulfide) groups is 1. The Morgan fingerprint density at radius 1 is 1.47 bits per heavy atom. The molecule has 0 saturated carbocycles. The van der Waals surface area contributed by atoms with Gasteiger partial charge in [-0.25, -0.2) is 4.39 Å². The van der Waals surface area contributed by atoms with Gasteiger partial charge in [-0.2, -0.15) is 11.8 Å². The lowest BCUT2D eigenvalue weighted by Crippen LogP contribution is -2.16. The van der Waals surface area contributed by atoms with Crippen LogP contribution in [0.2, 0.25) is 0 Å². The molecule has 0 saturated heterocycles. The Morgan fingerprint density at radius 2 is 2.16 bits per heavy atom. The van der Waals surface area contributed by atoms with Crippen LogP contribution in [-0.2, 0) is 11.3 Å². The zero-order chi connectivity index (χ0) is 14.4. The molecular formula is C14H21FN2OS. The Morgan fingerprint density at radius 3 is 2.68 bits per heavy atom. The fourth-order valence-electron chi connectivity index (χ4n) is 1.65. The summed E-state index contributed by atoms with van der Waals surface area (Å²) in [6, 6.07) is 4.83. The van der Waals surface area contributed by atoms with Crippen LogP contribution in [0.5, 0.6) is 0 Å². The summed E-state index contributed by atoms with van der Waals surface area (Å²) >= 11 is 1.64. The summed E-state index contributed by atoms with van der Waals surface area (Å²) in [5.74, 6) is -0.369. The summed E-state index contributed by atoms with van der Waals surface area (Å²) in [7, 11) is 3.78. The van der Waals surface area contributed by atoms with Crippen LogP contribution in [0.1, 0.15) is 18.9 Å². The van der Waals surface area contributed by atoms with Gasteiger partial charge in [-0.05, 0) is 32.5 Å². The van der Waals surface area contributed by atoms with Crippen LogP contribution in [0.15, 0.2) is 18.2 Å². The Labute approximate surface area is 118 Å². The monoisotopic (exact) mass is 284 g/mol. The zero-order valence-electron chi connectivity index (χ0n) is 11.9. The Hall–Kier alpha value is -1.07. The van der Waals surface area contributed by atoms with Crippen LogP contribution < -0.4 is 5.32 Å². The van der Waals surface area contributed by atoms with Crippen LogP contribution in [0.4, 0.5) is 10.1 Å². The number of carbonyl (C=O) groups excluding carboxylic acids is 1. The highest BCUT2D eigenvalue weighted by Gasteiger charge is 2.10. The van der Waals surface area contributed by atoms with Crippen molar-refractivity contribution in [1.29, 1.82) is 0 Å². The lowest BCUT2D eigenvalue weighted by Gasteiger charge is -2.12. The molecule has 0 unspecified atom stereocenters. The number of amides is 1. The van der Waals surface area contributed by atoms with Crippen LogP contribution >= 0.6 is 11.8 Å². The van der Waals surface area contributed by atoms with Gasteiger partial charge in [-0.1, -0.05) is 13.0 Å². The van der Waals surface area contributed by atoms with E-state index in [0.29, 0.717) is 24.2 Å². The van der Waals surface area contributed by atoms with E-state index in [4.69, 9.17) is 0 Å². The molecule has 0 heterocycles. The molecule has 3 nitrogen and oxygen atoms in total. The van der Waals surface area contributed by atoms with E-state index >= 15 is 0 Å². The second-order valence-electron chi connectivity index (χ2n) is 4.84. The van der Waals surface area contributed by atoms with Crippen molar-refractivity contribution in [3.63, 3.8) is 0 Å². The molecule has 0 aliphatic rings. The third-order valence-corrected chi connectivity index (χ3v) is 3.67. The molecule has 1 aromatic rings. The Kier molecular flexibility index (Phi) is 6.31. The number of anilines is 1. The molecule has 19 heavy (non-hydrogen) atoms. The predicted molar refractivity (Wildman–Crippen MR) is 80.0 cm³/mol. The highest BCUT2D eigenvalue weighted by atomic mass is 32.2. The van der Waals surface area contributed by atoms with Crippen LogP contribution in [-0.4, -0.2) is 36.4 Å². The molecule has 1 rings (SSSR count). The summed E-state index contributed by atoms with van der Waals surface area (Å²) in [5.41, 5.74) is 1.14. The Balaban J connectivity index is 2.65. The average molecular weight is 284 g/mol. The maximum atomic E-state index is 13.8. The molecule has 1 atom stereocenters. The fourth-order valence-corrected chi connectivity index (χ4v) is 1.97. The lowest BCUT2D eigenvalue weighted by molar-refractivity contribution is -0.116. The molecule has 1 amide bonds. The van der Waals surface area contributed by atoms with E-state index in [9.17, 15) is 9.18 Å². The van der Waals surface area contributed by atoms with E-state index in [1.54, 1.807) is 23.9 Å². The fraction of sp³-hybridized carbons (Fsp3) is 0.500. The molecule has 0 aliphatic heterocycles. The highest BCUT2D eigenvalue weighted by Crippen LogP contribution is 2.17. The van der Waals surface area contributed by atoms with Gasteiger partial charge in [0.05, 0.1) is 0 Å². The van der Waals surface area contributed by atoms with Crippen molar-refractivity contribution in [1.82, 2.24) is 4.90 Å². The van der Waals surface area contributed by atoms with Gasteiger partial charge in [-0.3, -0.25) is 4.79 Å². The van der Waals surface area contributed by atoms with Crippen LogP contribution in [0.3, 0.4) is 0 Å². The maximum Gasteiger partial charge on any atom is 0.225 e. The van der Waals surface area contributed by atoms with Crippen molar-refractivity contribution in [3.8, 4) is 0 Å². The number of hydrogen-bond acceptors (Lipinski definition) is 3. The predicted octanol–water partition coefficient (Wildman–Crippen LogP) is 2.97. The summed E-state index contributed by atoms with van der Waals surface area (Å²) in [4.78, 5) is 13.6. The molecule has 1 N–H and O–H groups in total. The van der Waals surface area contributed by atoms with E-state index in [0.717, 1.165) is 0 Å². The first-order chi connectivity index (χ1) is 8.92. The standard InChI is InChI=1S/C14H21FN2OS/c1-10(19-4)7-14(18)16-12-6-5-11(9-17(2)3)13(15)8-12/h5-6,8,10H,7,9H2,1-4H3,(H,16,18)/t10-/m0/s1. The van der Waals surface area contributed by atoms with Crippen LogP contribution in [0, 0.1) is 5.82 Å². The number of benzene rings is 1. The van der Waals surface area contributed by atoms with Gasteiger partial charge in [0.1, 0.15) is 5.82 Å². The quantitative estimate of drug-likeness (QED) is 0.871. The van der Waals surface area contributed by atoms with E-state index in [-0.39, 0.29) is 17.0 Å². The lowest BCUT2D eigenvalue weighted by atomic mass is 10.2. The molecule has 0 spiro atoms. The molecule has 0 bridgehead atoms. The van der Waals surface area contributed by atoms with Gasteiger partial charge in [0.2, 0.25) is 5.91 Å². The average Bonchev–Trinajstić information content (AvgIpc) is 2.32. The summed E-state index contributed by atoms with van der Waals surface area (Å²) in [5, 5.41) is 2.98. The van der Waals surface area contributed by atoms with Crippen molar-refractivity contribution in [2.45, 2.75) is 25.1 Å². The van der Waals surface area contributed by atoms with E-state index in [1.807, 2.05) is 32.2 Å². The second-order valence-corrected chi connectivity index (χ2v) is 6.12. The third kappa shape index (κ3) is 5.61.